The molecule has 8 heteroatoms. The van der Waals surface area contributed by atoms with E-state index in [0.717, 1.165) is 11.8 Å². The van der Waals surface area contributed by atoms with Crippen LogP contribution in [-0.4, -0.2) is 40.0 Å². The second-order valence-electron chi connectivity index (χ2n) is 4.55. The molecule has 122 valence electrons. The normalized spacial score (nSPS) is 12.1. The number of aromatic nitrogens is 1. The summed E-state index contributed by atoms with van der Waals surface area (Å²) in [6.45, 7) is 0.237. The number of amides is 1. The lowest BCUT2D eigenvalue weighted by molar-refractivity contribution is -0.139. The first-order valence-electron chi connectivity index (χ1n) is 6.83. The van der Waals surface area contributed by atoms with Gasteiger partial charge in [-0.15, -0.1) is 0 Å². The van der Waals surface area contributed by atoms with Crippen LogP contribution in [0.25, 0.3) is 0 Å². The Kier molecular flexibility index (Phi) is 8.24. The van der Waals surface area contributed by atoms with Gasteiger partial charge in [-0.25, -0.2) is 4.79 Å². The Labute approximate surface area is 138 Å². The first-order chi connectivity index (χ1) is 11.1. The van der Waals surface area contributed by atoms with Crippen molar-refractivity contribution in [3.63, 3.8) is 0 Å². The van der Waals surface area contributed by atoms with Crippen LogP contribution in [0.1, 0.15) is 12.0 Å². The number of carbonyl (C=O) groups is 2. The Balaban J connectivity index is 2.61. The van der Waals surface area contributed by atoms with Gasteiger partial charge in [0.15, 0.2) is 0 Å². The van der Waals surface area contributed by atoms with Gasteiger partial charge in [-0.1, -0.05) is 6.07 Å². The number of aliphatic carboxylic acids is 1. The number of carboxylic acid groups (broad SMARTS) is 1. The second-order valence-corrected chi connectivity index (χ2v) is 5.54. The highest BCUT2D eigenvalue weighted by atomic mass is 32.2. The van der Waals surface area contributed by atoms with Crippen LogP contribution in [0.15, 0.2) is 36.3 Å². The maximum atomic E-state index is 11.9. The van der Waals surface area contributed by atoms with Gasteiger partial charge in [-0.05, 0) is 30.1 Å². The van der Waals surface area contributed by atoms with Crippen molar-refractivity contribution in [2.75, 3.05) is 12.0 Å². The summed E-state index contributed by atoms with van der Waals surface area (Å²) in [7, 11) is 0. The van der Waals surface area contributed by atoms with E-state index in [-0.39, 0.29) is 12.1 Å². The third kappa shape index (κ3) is 6.84. The molecule has 0 aliphatic carbocycles. The first-order valence-corrected chi connectivity index (χ1v) is 8.23. The van der Waals surface area contributed by atoms with Gasteiger partial charge in [0, 0.05) is 25.1 Å². The van der Waals surface area contributed by atoms with E-state index in [0.29, 0.717) is 12.2 Å². The number of nitriles is 1. The molecule has 0 aliphatic heterocycles. The van der Waals surface area contributed by atoms with Crippen LogP contribution in [-0.2, 0) is 16.1 Å². The Bertz CT molecular complexity index is 598. The van der Waals surface area contributed by atoms with Gasteiger partial charge in [0.25, 0.3) is 5.91 Å². The zero-order valence-electron chi connectivity index (χ0n) is 12.7. The van der Waals surface area contributed by atoms with Crippen molar-refractivity contribution >= 4 is 23.6 Å². The third-order valence-electron chi connectivity index (χ3n) is 2.88. The molecule has 3 N–H and O–H groups in total. The topological polar surface area (TPSA) is 115 Å². The van der Waals surface area contributed by atoms with Crippen LogP contribution in [0, 0.1) is 11.3 Å². The fourth-order valence-electron chi connectivity index (χ4n) is 1.63. The molecular weight excluding hydrogens is 316 g/mol. The standard InChI is InChI=1S/C15H18N4O3S/c1-23-6-4-13(15(21)22)18-10-12(7-16)14(20)19-9-11-3-2-5-17-8-11/h2-3,5,8,10,13,18H,4,6,9H2,1H3,(H,19,20)(H,21,22)/b12-10-. The van der Waals surface area contributed by atoms with E-state index in [1.165, 1.54) is 11.8 Å². The average Bonchev–Trinajstić information content (AvgIpc) is 2.56. The summed E-state index contributed by atoms with van der Waals surface area (Å²) in [5, 5.41) is 23.3. The van der Waals surface area contributed by atoms with E-state index in [1.807, 2.05) is 6.26 Å². The molecule has 7 nitrogen and oxygen atoms in total. The SMILES string of the molecule is CSCCC(N/C=C(/C#N)C(=O)NCc1cccnc1)C(=O)O. The summed E-state index contributed by atoms with van der Waals surface area (Å²) >= 11 is 1.53. The number of nitrogens with zero attached hydrogens (tertiary/aromatic N) is 2. The molecule has 1 aromatic rings. The minimum Gasteiger partial charge on any atom is -0.480 e. The number of nitrogens with one attached hydrogen (secondary N) is 2. The number of thioether (sulfide) groups is 1. The molecule has 1 amide bonds. The molecule has 1 rings (SSSR count). The van der Waals surface area contributed by atoms with Gasteiger partial charge in [-0.3, -0.25) is 9.78 Å². The van der Waals surface area contributed by atoms with Gasteiger partial charge in [0.2, 0.25) is 0 Å². The van der Waals surface area contributed by atoms with Crippen LogP contribution < -0.4 is 10.6 Å². The van der Waals surface area contributed by atoms with Crippen LogP contribution in [0.3, 0.4) is 0 Å². The van der Waals surface area contributed by atoms with Gasteiger partial charge in [0.1, 0.15) is 17.7 Å². The molecule has 0 saturated carbocycles. The van der Waals surface area contributed by atoms with E-state index in [1.54, 1.807) is 30.6 Å². The molecule has 1 atom stereocenters. The van der Waals surface area contributed by atoms with E-state index in [4.69, 9.17) is 10.4 Å². The molecule has 0 radical (unpaired) electrons. The minimum absolute atomic E-state index is 0.177. The van der Waals surface area contributed by atoms with Crippen LogP contribution in [0.4, 0.5) is 0 Å². The highest BCUT2D eigenvalue weighted by Crippen LogP contribution is 2.02. The minimum atomic E-state index is -1.02. The lowest BCUT2D eigenvalue weighted by Crippen LogP contribution is -2.35. The van der Waals surface area contributed by atoms with Gasteiger partial charge in [0.05, 0.1) is 0 Å². The number of carboxylic acids is 1. The first kappa shape index (κ1) is 18.5. The zero-order valence-corrected chi connectivity index (χ0v) is 13.5. The highest BCUT2D eigenvalue weighted by molar-refractivity contribution is 7.98. The van der Waals surface area contributed by atoms with E-state index < -0.39 is 17.9 Å². The summed E-state index contributed by atoms with van der Waals surface area (Å²) in [4.78, 5) is 27.0. The number of hydrogen-bond donors (Lipinski definition) is 3. The average molecular weight is 334 g/mol. The lowest BCUT2D eigenvalue weighted by atomic mass is 10.2. The molecule has 23 heavy (non-hydrogen) atoms. The van der Waals surface area contributed by atoms with Gasteiger partial charge < -0.3 is 15.7 Å². The van der Waals surface area contributed by atoms with Crippen molar-refractivity contribution in [3.8, 4) is 6.07 Å². The summed E-state index contributed by atoms with van der Waals surface area (Å²) < 4.78 is 0. The predicted molar refractivity (Wildman–Crippen MR) is 87.3 cm³/mol. The van der Waals surface area contributed by atoms with Crippen molar-refractivity contribution < 1.29 is 14.7 Å². The Morgan fingerprint density at radius 2 is 2.35 bits per heavy atom. The highest BCUT2D eigenvalue weighted by Gasteiger charge is 2.16. The molecule has 1 aromatic heterocycles. The molecule has 0 bridgehead atoms. The van der Waals surface area contributed by atoms with Crippen LogP contribution >= 0.6 is 11.8 Å². The lowest BCUT2D eigenvalue weighted by Gasteiger charge is -2.12. The summed E-state index contributed by atoms with van der Waals surface area (Å²) in [6, 6.07) is 4.46. The third-order valence-corrected chi connectivity index (χ3v) is 3.52. The number of rotatable bonds is 9. The summed E-state index contributed by atoms with van der Waals surface area (Å²) in [5.41, 5.74) is 0.624. The van der Waals surface area contributed by atoms with Gasteiger partial charge >= 0.3 is 5.97 Å². The molecule has 0 aliphatic rings. The largest absolute Gasteiger partial charge is 0.480 e. The summed E-state index contributed by atoms with van der Waals surface area (Å²) in [6.07, 6.45) is 6.65. The smallest absolute Gasteiger partial charge is 0.326 e. The van der Waals surface area contributed by atoms with Crippen molar-refractivity contribution in [2.24, 2.45) is 0 Å². The Morgan fingerprint density at radius 1 is 1.57 bits per heavy atom. The maximum Gasteiger partial charge on any atom is 0.326 e. The predicted octanol–water partition coefficient (Wildman–Crippen LogP) is 0.901. The number of hydrogen-bond acceptors (Lipinski definition) is 6. The Hall–Kier alpha value is -2.53. The number of pyridine rings is 1. The van der Waals surface area contributed by atoms with Crippen molar-refractivity contribution in [1.82, 2.24) is 15.6 Å². The quantitative estimate of drug-likeness (QED) is 0.454. The number of carbonyl (C=O) groups excluding carboxylic acids is 1. The summed E-state index contributed by atoms with van der Waals surface area (Å²) in [5.74, 6) is -0.936. The molecule has 0 saturated heterocycles. The van der Waals surface area contributed by atoms with Crippen molar-refractivity contribution in [3.05, 3.63) is 41.9 Å². The molecule has 0 aromatic carbocycles. The molecule has 0 spiro atoms. The van der Waals surface area contributed by atoms with Crippen molar-refractivity contribution in [1.29, 1.82) is 5.26 Å². The fraction of sp³-hybridized carbons (Fsp3) is 0.333. The molecule has 0 fully saturated rings. The zero-order chi connectivity index (χ0) is 17.1. The van der Waals surface area contributed by atoms with Crippen LogP contribution in [0.5, 0.6) is 0 Å². The maximum absolute atomic E-state index is 11.9. The Morgan fingerprint density at radius 3 is 2.91 bits per heavy atom. The second kappa shape index (κ2) is 10.2. The molecule has 1 unspecified atom stereocenters. The fourth-order valence-corrected chi connectivity index (χ4v) is 2.10. The van der Waals surface area contributed by atoms with Crippen molar-refractivity contribution in [2.45, 2.75) is 19.0 Å². The van der Waals surface area contributed by atoms with E-state index >= 15 is 0 Å². The van der Waals surface area contributed by atoms with E-state index in [2.05, 4.69) is 15.6 Å². The monoisotopic (exact) mass is 334 g/mol. The molecular formula is C15H18N4O3S. The van der Waals surface area contributed by atoms with Crippen LogP contribution in [0.2, 0.25) is 0 Å². The van der Waals surface area contributed by atoms with Gasteiger partial charge in [-0.2, -0.15) is 17.0 Å². The van der Waals surface area contributed by atoms with E-state index in [9.17, 15) is 9.59 Å². The molecule has 1 heterocycles.